The van der Waals surface area contributed by atoms with Gasteiger partial charge < -0.3 is 4.74 Å². The lowest BCUT2D eigenvalue weighted by molar-refractivity contribution is 0.398. The van der Waals surface area contributed by atoms with Gasteiger partial charge in [0.15, 0.2) is 5.65 Å². The number of hydrogen-bond donors (Lipinski definition) is 1. The molecule has 0 saturated heterocycles. The second-order valence-electron chi connectivity index (χ2n) is 5.54. The fourth-order valence-electron chi connectivity index (χ4n) is 3.02. The number of halogens is 1. The van der Waals surface area contributed by atoms with Crippen molar-refractivity contribution in [3.05, 3.63) is 40.0 Å². The number of hydrogen-bond acceptors (Lipinski definition) is 4. The first-order chi connectivity index (χ1) is 11.6. The van der Waals surface area contributed by atoms with Crippen LogP contribution in [0.15, 0.2) is 29.3 Å². The molecule has 0 aliphatic carbocycles. The van der Waals surface area contributed by atoms with E-state index in [1.165, 1.54) is 0 Å². The molecule has 0 spiro atoms. The van der Waals surface area contributed by atoms with E-state index >= 15 is 0 Å². The standard InChI is InChI=1S/C17H19ClN4O2/c1-4-11(5-2)22-15-14(10-6-7-19-13(8-10)24-3)12(18)9-20-16(15)21-17(22)23/h6-9,11H,4-5H2,1-3H3,(H,20,21,23). The maximum atomic E-state index is 12.5. The van der Waals surface area contributed by atoms with Crippen molar-refractivity contribution in [1.29, 1.82) is 0 Å². The van der Waals surface area contributed by atoms with E-state index in [1.54, 1.807) is 30.1 Å². The lowest BCUT2D eigenvalue weighted by Gasteiger charge is -2.17. The summed E-state index contributed by atoms with van der Waals surface area (Å²) in [6.07, 6.45) is 4.90. The van der Waals surface area contributed by atoms with E-state index in [-0.39, 0.29) is 11.7 Å². The average Bonchev–Trinajstić information content (AvgIpc) is 2.92. The highest BCUT2D eigenvalue weighted by Gasteiger charge is 2.21. The predicted octanol–water partition coefficient (Wildman–Crippen LogP) is 3.81. The van der Waals surface area contributed by atoms with Crippen LogP contribution in [0.1, 0.15) is 32.7 Å². The molecule has 3 aromatic rings. The summed E-state index contributed by atoms with van der Waals surface area (Å²) in [5.74, 6) is 0.487. The third-order valence-electron chi connectivity index (χ3n) is 4.23. The van der Waals surface area contributed by atoms with Gasteiger partial charge >= 0.3 is 5.69 Å². The molecule has 3 rings (SSSR count). The van der Waals surface area contributed by atoms with Crippen molar-refractivity contribution in [2.45, 2.75) is 32.7 Å². The number of nitrogens with one attached hydrogen (secondary N) is 1. The molecule has 0 atom stereocenters. The quantitative estimate of drug-likeness (QED) is 0.762. The van der Waals surface area contributed by atoms with Crippen LogP contribution in [0.3, 0.4) is 0 Å². The van der Waals surface area contributed by atoms with Gasteiger partial charge in [0.25, 0.3) is 0 Å². The number of methoxy groups -OCH3 is 1. The average molecular weight is 347 g/mol. The van der Waals surface area contributed by atoms with Crippen LogP contribution >= 0.6 is 11.6 Å². The van der Waals surface area contributed by atoms with Gasteiger partial charge in [0.1, 0.15) is 0 Å². The molecule has 0 unspecified atom stereocenters. The van der Waals surface area contributed by atoms with Crippen molar-refractivity contribution in [2.24, 2.45) is 0 Å². The van der Waals surface area contributed by atoms with Gasteiger partial charge in [0.2, 0.25) is 5.88 Å². The summed E-state index contributed by atoms with van der Waals surface area (Å²) in [5, 5.41) is 0.481. The Morgan fingerprint density at radius 3 is 2.75 bits per heavy atom. The Morgan fingerprint density at radius 2 is 2.08 bits per heavy atom. The third kappa shape index (κ3) is 2.67. The van der Waals surface area contributed by atoms with E-state index in [2.05, 4.69) is 28.8 Å². The van der Waals surface area contributed by atoms with Gasteiger partial charge in [-0.15, -0.1) is 0 Å². The lowest BCUT2D eigenvalue weighted by Crippen LogP contribution is -2.21. The molecule has 6 nitrogen and oxygen atoms in total. The Balaban J connectivity index is 2.38. The van der Waals surface area contributed by atoms with Gasteiger partial charge in [-0.25, -0.2) is 14.8 Å². The van der Waals surface area contributed by atoms with Gasteiger partial charge in [0.05, 0.1) is 17.6 Å². The summed E-state index contributed by atoms with van der Waals surface area (Å²) in [5.41, 5.74) is 2.66. The van der Waals surface area contributed by atoms with Crippen LogP contribution in [0.2, 0.25) is 5.02 Å². The second kappa shape index (κ2) is 6.65. The molecule has 0 radical (unpaired) electrons. The number of nitrogens with zero attached hydrogens (tertiary/aromatic N) is 3. The van der Waals surface area contributed by atoms with Crippen LogP contribution < -0.4 is 10.4 Å². The molecule has 0 aliphatic heterocycles. The van der Waals surface area contributed by atoms with Gasteiger partial charge in [-0.2, -0.15) is 0 Å². The summed E-state index contributed by atoms with van der Waals surface area (Å²) in [6, 6.07) is 3.72. The molecule has 3 aromatic heterocycles. The first-order valence-corrected chi connectivity index (χ1v) is 8.27. The van der Waals surface area contributed by atoms with Crippen molar-refractivity contribution >= 4 is 22.8 Å². The highest BCUT2D eigenvalue weighted by molar-refractivity contribution is 6.34. The zero-order valence-corrected chi connectivity index (χ0v) is 14.6. The number of aromatic nitrogens is 4. The van der Waals surface area contributed by atoms with Crippen LogP contribution in [-0.2, 0) is 0 Å². The molecule has 1 N–H and O–H groups in total. The normalized spacial score (nSPS) is 11.4. The maximum Gasteiger partial charge on any atom is 0.327 e. The van der Waals surface area contributed by atoms with Gasteiger partial charge in [-0.1, -0.05) is 25.4 Å². The molecular weight excluding hydrogens is 328 g/mol. The summed E-state index contributed by atoms with van der Waals surface area (Å²) in [4.78, 5) is 23.8. The highest BCUT2D eigenvalue weighted by Crippen LogP contribution is 2.35. The van der Waals surface area contributed by atoms with E-state index in [4.69, 9.17) is 16.3 Å². The van der Waals surface area contributed by atoms with E-state index < -0.39 is 0 Å². The number of imidazole rings is 1. The molecule has 0 fully saturated rings. The topological polar surface area (TPSA) is 72.8 Å². The van der Waals surface area contributed by atoms with E-state index in [9.17, 15) is 4.79 Å². The molecule has 0 aromatic carbocycles. The maximum absolute atomic E-state index is 12.5. The Hall–Kier alpha value is -2.34. The monoisotopic (exact) mass is 346 g/mol. The minimum Gasteiger partial charge on any atom is -0.481 e. The van der Waals surface area contributed by atoms with Gasteiger partial charge in [-0.3, -0.25) is 9.55 Å². The molecule has 7 heteroatoms. The molecule has 0 bridgehead atoms. The number of ether oxygens (including phenoxy) is 1. The lowest BCUT2D eigenvalue weighted by atomic mass is 10.1. The van der Waals surface area contributed by atoms with Gasteiger partial charge in [-0.05, 0) is 24.5 Å². The van der Waals surface area contributed by atoms with Crippen molar-refractivity contribution in [2.75, 3.05) is 7.11 Å². The number of rotatable bonds is 5. The van der Waals surface area contributed by atoms with Crippen molar-refractivity contribution < 1.29 is 4.74 Å². The van der Waals surface area contributed by atoms with Crippen LogP contribution in [0.25, 0.3) is 22.3 Å². The summed E-state index contributed by atoms with van der Waals surface area (Å²) in [6.45, 7) is 4.12. The van der Waals surface area contributed by atoms with E-state index in [0.717, 1.165) is 29.5 Å². The van der Waals surface area contributed by atoms with Crippen LogP contribution in [-0.4, -0.2) is 26.6 Å². The molecule has 24 heavy (non-hydrogen) atoms. The van der Waals surface area contributed by atoms with Gasteiger partial charge in [0, 0.05) is 30.1 Å². The molecular formula is C17H19ClN4O2. The minimum absolute atomic E-state index is 0.0778. The Labute approximate surface area is 144 Å². The van der Waals surface area contributed by atoms with Crippen molar-refractivity contribution in [3.63, 3.8) is 0 Å². The zero-order valence-electron chi connectivity index (χ0n) is 13.8. The Kier molecular flexibility index (Phi) is 4.57. The molecule has 3 heterocycles. The van der Waals surface area contributed by atoms with Crippen molar-refractivity contribution in [1.82, 2.24) is 19.5 Å². The largest absolute Gasteiger partial charge is 0.481 e. The first kappa shape index (κ1) is 16.5. The van der Waals surface area contributed by atoms with Crippen molar-refractivity contribution in [3.8, 4) is 17.0 Å². The Bertz CT molecular complexity index is 928. The highest BCUT2D eigenvalue weighted by atomic mass is 35.5. The number of aromatic amines is 1. The minimum atomic E-state index is -0.171. The fraction of sp³-hybridized carbons (Fsp3) is 0.353. The molecule has 0 aliphatic rings. The SMILES string of the molecule is CCC(CC)n1c(=O)[nH]c2ncc(Cl)c(-c3ccnc(OC)c3)c21. The van der Waals surface area contributed by atoms with E-state index in [1.807, 2.05) is 6.07 Å². The van der Waals surface area contributed by atoms with Crippen LogP contribution in [0, 0.1) is 0 Å². The second-order valence-corrected chi connectivity index (χ2v) is 5.94. The Morgan fingerprint density at radius 1 is 1.33 bits per heavy atom. The summed E-state index contributed by atoms with van der Waals surface area (Å²) in [7, 11) is 1.56. The first-order valence-electron chi connectivity index (χ1n) is 7.89. The predicted molar refractivity (Wildman–Crippen MR) is 94.8 cm³/mol. The van der Waals surface area contributed by atoms with E-state index in [0.29, 0.717) is 16.5 Å². The van der Waals surface area contributed by atoms with Crippen LogP contribution in [0.5, 0.6) is 5.88 Å². The zero-order chi connectivity index (χ0) is 17.3. The third-order valence-corrected chi connectivity index (χ3v) is 4.52. The molecule has 0 saturated carbocycles. The smallest absolute Gasteiger partial charge is 0.327 e. The summed E-state index contributed by atoms with van der Waals surface area (Å²) >= 11 is 6.45. The molecule has 126 valence electrons. The number of fused-ring (bicyclic) bond motifs is 1. The summed E-state index contributed by atoms with van der Waals surface area (Å²) < 4.78 is 6.97. The number of pyridine rings is 2. The van der Waals surface area contributed by atoms with Crippen LogP contribution in [0.4, 0.5) is 0 Å². The number of H-pyrrole nitrogens is 1. The fourth-order valence-corrected chi connectivity index (χ4v) is 3.27. The molecule has 0 amide bonds.